The summed E-state index contributed by atoms with van der Waals surface area (Å²) < 4.78 is 0. The molecule has 0 saturated carbocycles. The van der Waals surface area contributed by atoms with Crippen LogP contribution < -0.4 is 0 Å². The molecule has 3 aromatic heterocycles. The van der Waals surface area contributed by atoms with Gasteiger partial charge in [0.2, 0.25) is 0 Å². The second-order valence-corrected chi connectivity index (χ2v) is 15.4. The molecule has 3 aliphatic carbocycles. The van der Waals surface area contributed by atoms with Gasteiger partial charge in [-0.15, -0.1) is 0 Å². The molecule has 15 rings (SSSR count). The van der Waals surface area contributed by atoms with Gasteiger partial charge in [0.05, 0.1) is 67.3 Å². The van der Waals surface area contributed by atoms with Crippen molar-refractivity contribution in [1.29, 1.82) is 0 Å². The summed E-state index contributed by atoms with van der Waals surface area (Å²) in [5.74, 6) is 0. The van der Waals surface area contributed by atoms with E-state index in [1.165, 1.54) is 65.7 Å². The van der Waals surface area contributed by atoms with Crippen LogP contribution in [-0.2, 0) is 0 Å². The van der Waals surface area contributed by atoms with Crippen molar-refractivity contribution < 1.29 is 0 Å². The Labute approximate surface area is 453 Å². The summed E-state index contributed by atoms with van der Waals surface area (Å²) in [6.07, 6.45) is 0. The number of rotatable bonds is 0. The summed E-state index contributed by atoms with van der Waals surface area (Å²) in [7, 11) is 0. The molecule has 3 aliphatic rings. The lowest BCUT2D eigenvalue weighted by molar-refractivity contribution is 1.32. The van der Waals surface area contributed by atoms with Crippen molar-refractivity contribution in [2.24, 2.45) is 0 Å². The summed E-state index contributed by atoms with van der Waals surface area (Å²) in [5.41, 5.74) is 19.0. The van der Waals surface area contributed by atoms with Crippen molar-refractivity contribution in [2.75, 3.05) is 0 Å². The van der Waals surface area contributed by atoms with Crippen LogP contribution in [0.3, 0.4) is 0 Å². The Morgan fingerprint density at radius 3 is 0.461 bits per heavy atom. The molecular formula is C70H78N6. The first-order valence-electron chi connectivity index (χ1n) is 28.1. The van der Waals surface area contributed by atoms with E-state index in [0.29, 0.717) is 0 Å². The molecule has 0 bridgehead atoms. The van der Waals surface area contributed by atoms with Crippen molar-refractivity contribution in [3.63, 3.8) is 0 Å². The number of hydrogen-bond acceptors (Lipinski definition) is 6. The zero-order valence-electron chi connectivity index (χ0n) is 48.0. The van der Waals surface area contributed by atoms with Crippen molar-refractivity contribution in [1.82, 2.24) is 29.9 Å². The van der Waals surface area contributed by atoms with E-state index in [2.05, 4.69) is 109 Å². The van der Waals surface area contributed by atoms with Gasteiger partial charge in [0.25, 0.3) is 0 Å². The smallest absolute Gasteiger partial charge is 0.0979 e. The van der Waals surface area contributed by atoms with Gasteiger partial charge in [0.15, 0.2) is 0 Å². The van der Waals surface area contributed by atoms with Gasteiger partial charge in [-0.3, -0.25) is 0 Å². The summed E-state index contributed by atoms with van der Waals surface area (Å²) in [4.78, 5) is 29.0. The maximum absolute atomic E-state index is 4.83. The number of para-hydroxylation sites is 6. The van der Waals surface area contributed by atoms with Crippen LogP contribution >= 0.6 is 0 Å². The zero-order valence-corrected chi connectivity index (χ0v) is 48.0. The van der Waals surface area contributed by atoms with E-state index >= 15 is 0 Å². The summed E-state index contributed by atoms with van der Waals surface area (Å²) in [6, 6.07) is 62.4. The molecule has 0 radical (unpaired) electrons. The molecule has 0 unspecified atom stereocenters. The predicted molar refractivity (Wildman–Crippen MR) is 335 cm³/mol. The van der Waals surface area contributed by atoms with Crippen LogP contribution in [0.1, 0.15) is 111 Å². The highest BCUT2D eigenvalue weighted by Crippen LogP contribution is 2.48. The Morgan fingerprint density at radius 1 is 0.171 bits per heavy atom. The van der Waals surface area contributed by atoms with E-state index in [4.69, 9.17) is 29.9 Å². The normalized spacial score (nSPS) is 10.1. The summed E-state index contributed by atoms with van der Waals surface area (Å²) in [6.45, 7) is 32.0. The van der Waals surface area contributed by atoms with Crippen LogP contribution in [0.25, 0.3) is 133 Å². The third-order valence-corrected chi connectivity index (χ3v) is 12.0. The first-order valence-corrected chi connectivity index (χ1v) is 28.1. The van der Waals surface area contributed by atoms with Crippen LogP contribution in [0.15, 0.2) is 182 Å². The molecule has 6 heteroatoms. The van der Waals surface area contributed by atoms with Crippen LogP contribution in [0.4, 0.5) is 0 Å². The molecule has 0 aliphatic heterocycles. The molecule has 0 fully saturated rings. The monoisotopic (exact) mass is 1000 g/mol. The highest BCUT2D eigenvalue weighted by atomic mass is 14.9. The fraction of sp³-hybridized carbons (Fsp3) is 0.229. The number of nitrogens with zero attached hydrogens (tertiary/aromatic N) is 6. The molecule has 0 spiro atoms. The first kappa shape index (κ1) is 58.7. The minimum Gasteiger partial charge on any atom is -0.244 e. The van der Waals surface area contributed by atoms with Crippen LogP contribution in [0, 0.1) is 0 Å². The zero-order chi connectivity index (χ0) is 55.3. The predicted octanol–water partition coefficient (Wildman–Crippen LogP) is 21.5. The number of aromatic nitrogens is 6. The van der Waals surface area contributed by atoms with E-state index in [0.717, 1.165) is 67.3 Å². The molecule has 6 nitrogen and oxygen atoms in total. The lowest BCUT2D eigenvalue weighted by Crippen LogP contribution is -1.89. The fourth-order valence-corrected chi connectivity index (χ4v) is 9.33. The van der Waals surface area contributed by atoms with E-state index in [9.17, 15) is 0 Å². The van der Waals surface area contributed by atoms with Crippen molar-refractivity contribution in [2.45, 2.75) is 111 Å². The van der Waals surface area contributed by atoms with Crippen LogP contribution in [0.5, 0.6) is 0 Å². The van der Waals surface area contributed by atoms with E-state index in [-0.39, 0.29) is 0 Å². The third-order valence-electron chi connectivity index (χ3n) is 12.0. The molecule has 0 saturated heterocycles. The van der Waals surface area contributed by atoms with E-state index in [1.807, 2.05) is 184 Å². The second kappa shape index (κ2) is 29.0. The Bertz CT molecular complexity index is 3170. The Kier molecular flexibility index (Phi) is 22.4. The largest absolute Gasteiger partial charge is 0.244 e. The lowest BCUT2D eigenvalue weighted by atomic mass is 10.0. The minimum atomic E-state index is 0.955. The highest BCUT2D eigenvalue weighted by molar-refractivity contribution is 6.16. The molecule has 0 amide bonds. The van der Waals surface area contributed by atoms with E-state index < -0.39 is 0 Å². The Balaban J connectivity index is 0.000000186. The molecule has 0 N–H and O–H groups in total. The van der Waals surface area contributed by atoms with Gasteiger partial charge in [-0.05, 0) is 52.6 Å². The average Bonchev–Trinajstić information content (AvgIpc) is 4.15. The quantitative estimate of drug-likeness (QED) is 0.151. The van der Waals surface area contributed by atoms with Gasteiger partial charge < -0.3 is 0 Å². The topological polar surface area (TPSA) is 77.3 Å². The van der Waals surface area contributed by atoms with Crippen molar-refractivity contribution in [3.05, 3.63) is 182 Å². The number of hydrogen-bond donors (Lipinski definition) is 0. The van der Waals surface area contributed by atoms with Crippen LogP contribution in [0.2, 0.25) is 0 Å². The maximum Gasteiger partial charge on any atom is 0.0979 e. The van der Waals surface area contributed by atoms with Gasteiger partial charge in [-0.2, -0.15) is 0 Å². The first-order chi connectivity index (χ1) is 37.7. The van der Waals surface area contributed by atoms with Crippen LogP contribution in [-0.4, -0.2) is 29.9 Å². The average molecular weight is 1000 g/mol. The Morgan fingerprint density at radius 2 is 0.316 bits per heavy atom. The standard InChI is InChI=1S/3C18H10N2.8C2H6/c3*1-2-10-15-14(9-1)19-17-12-7-3-5-11-6-4-8-13(16(11)12)18(17)20-15;8*1-2/h3*1-10H;8*1-2H3. The maximum atomic E-state index is 4.83. The van der Waals surface area contributed by atoms with Gasteiger partial charge in [0, 0.05) is 49.5 Å². The lowest BCUT2D eigenvalue weighted by Gasteiger charge is -2.02. The number of fused-ring (bicyclic) bond motifs is 12. The van der Waals surface area contributed by atoms with Crippen molar-refractivity contribution in [3.8, 4) is 67.5 Å². The summed E-state index contributed by atoms with van der Waals surface area (Å²) >= 11 is 0. The van der Waals surface area contributed by atoms with Gasteiger partial charge in [-0.1, -0.05) is 256 Å². The van der Waals surface area contributed by atoms with Gasteiger partial charge in [-0.25, -0.2) is 29.9 Å². The minimum absolute atomic E-state index is 0.955. The SMILES string of the molecule is CC.CC.CC.CC.CC.CC.CC.CC.c1cc2c3c(cccc3c1)-c1nc3ccccc3nc1-2.c1cc2c3c(cccc3c1)-c1nc3ccccc3nc1-2.c1cc2c3c(cccc3c1)-c1nc3ccccc3nc1-2. The fourth-order valence-electron chi connectivity index (χ4n) is 9.33. The van der Waals surface area contributed by atoms with E-state index in [1.54, 1.807) is 0 Å². The van der Waals surface area contributed by atoms with Crippen molar-refractivity contribution >= 4 is 65.4 Å². The molecule has 0 atom stereocenters. The third kappa shape index (κ3) is 11.2. The van der Waals surface area contributed by atoms with Gasteiger partial charge in [0.1, 0.15) is 0 Å². The molecule has 12 aromatic rings. The highest BCUT2D eigenvalue weighted by Gasteiger charge is 2.26. The molecule has 388 valence electrons. The molecule has 3 heterocycles. The molecule has 9 aromatic carbocycles. The second-order valence-electron chi connectivity index (χ2n) is 15.4. The Hall–Kier alpha value is -8.22. The van der Waals surface area contributed by atoms with Gasteiger partial charge >= 0.3 is 0 Å². The number of benzene rings is 9. The summed E-state index contributed by atoms with van der Waals surface area (Å²) in [5, 5.41) is 7.59. The molecular weight excluding hydrogens is 925 g/mol. The molecule has 76 heavy (non-hydrogen) atoms.